The number of hydrogen-bond acceptors (Lipinski definition) is 4. The molecule has 0 saturated carbocycles. The molecule has 1 atom stereocenters. The topological polar surface area (TPSA) is 67.8 Å². The van der Waals surface area contributed by atoms with Crippen LogP contribution in [0.5, 0.6) is 11.5 Å². The van der Waals surface area contributed by atoms with Crippen LogP contribution in [0.3, 0.4) is 0 Å². The van der Waals surface area contributed by atoms with E-state index in [0.29, 0.717) is 18.0 Å². The number of benzene rings is 1. The van der Waals surface area contributed by atoms with Crippen LogP contribution in [-0.2, 0) is 11.3 Å². The number of carboxylic acids is 1. The Morgan fingerprint density at radius 3 is 2.65 bits per heavy atom. The molecule has 94 valence electrons. The number of para-hydroxylation sites is 1. The van der Waals surface area contributed by atoms with E-state index in [4.69, 9.17) is 14.6 Å². The first-order valence-corrected chi connectivity index (χ1v) is 5.26. The van der Waals surface area contributed by atoms with Crippen molar-refractivity contribution in [1.82, 2.24) is 5.32 Å². The Labute approximate surface area is 100 Å². The van der Waals surface area contributed by atoms with E-state index in [1.165, 1.54) is 0 Å². The Balaban J connectivity index is 2.80. The van der Waals surface area contributed by atoms with Crippen LogP contribution in [0.2, 0.25) is 0 Å². The van der Waals surface area contributed by atoms with Gasteiger partial charge in [-0.05, 0) is 13.0 Å². The molecule has 0 radical (unpaired) electrons. The van der Waals surface area contributed by atoms with Crippen molar-refractivity contribution in [2.45, 2.75) is 19.5 Å². The Morgan fingerprint density at radius 1 is 1.41 bits per heavy atom. The van der Waals surface area contributed by atoms with Crippen molar-refractivity contribution in [3.63, 3.8) is 0 Å². The summed E-state index contributed by atoms with van der Waals surface area (Å²) in [4.78, 5) is 10.7. The van der Waals surface area contributed by atoms with Crippen LogP contribution in [0, 0.1) is 0 Å². The van der Waals surface area contributed by atoms with Gasteiger partial charge in [0.15, 0.2) is 11.5 Å². The molecule has 0 aliphatic heterocycles. The van der Waals surface area contributed by atoms with E-state index >= 15 is 0 Å². The predicted molar refractivity (Wildman–Crippen MR) is 63.5 cm³/mol. The van der Waals surface area contributed by atoms with Crippen LogP contribution in [0.15, 0.2) is 18.2 Å². The lowest BCUT2D eigenvalue weighted by molar-refractivity contribution is -0.139. The quantitative estimate of drug-likeness (QED) is 0.782. The van der Waals surface area contributed by atoms with Crippen LogP contribution in [-0.4, -0.2) is 31.3 Å². The molecule has 2 N–H and O–H groups in total. The van der Waals surface area contributed by atoms with Crippen molar-refractivity contribution >= 4 is 5.97 Å². The van der Waals surface area contributed by atoms with E-state index < -0.39 is 12.0 Å². The molecule has 5 nitrogen and oxygen atoms in total. The van der Waals surface area contributed by atoms with E-state index in [0.717, 1.165) is 5.56 Å². The second kappa shape index (κ2) is 6.10. The van der Waals surface area contributed by atoms with Crippen LogP contribution < -0.4 is 14.8 Å². The van der Waals surface area contributed by atoms with E-state index in [1.54, 1.807) is 27.2 Å². The largest absolute Gasteiger partial charge is 0.493 e. The number of nitrogens with one attached hydrogen (secondary N) is 1. The molecule has 0 aliphatic rings. The number of methoxy groups -OCH3 is 2. The SMILES string of the molecule is COc1cccc(CN[C@H](C)C(=O)O)c1OC. The van der Waals surface area contributed by atoms with Gasteiger partial charge in [-0.25, -0.2) is 0 Å². The highest BCUT2D eigenvalue weighted by Crippen LogP contribution is 2.30. The smallest absolute Gasteiger partial charge is 0.320 e. The number of hydrogen-bond donors (Lipinski definition) is 2. The molecule has 1 aromatic carbocycles. The monoisotopic (exact) mass is 239 g/mol. The predicted octanol–water partition coefficient (Wildman–Crippen LogP) is 1.27. The molecular weight excluding hydrogens is 222 g/mol. The van der Waals surface area contributed by atoms with E-state index in [-0.39, 0.29) is 0 Å². The van der Waals surface area contributed by atoms with Crippen LogP contribution in [0.4, 0.5) is 0 Å². The number of carbonyl (C=O) groups is 1. The van der Waals surface area contributed by atoms with Crippen LogP contribution >= 0.6 is 0 Å². The maximum absolute atomic E-state index is 10.7. The molecule has 0 bridgehead atoms. The molecule has 0 unspecified atom stereocenters. The molecule has 0 fully saturated rings. The molecule has 1 aromatic rings. The standard InChI is InChI=1S/C12H17NO4/c1-8(12(14)15)13-7-9-5-4-6-10(16-2)11(9)17-3/h4-6,8,13H,7H2,1-3H3,(H,14,15)/t8-/m1/s1. The van der Waals surface area contributed by atoms with E-state index in [1.807, 2.05) is 12.1 Å². The van der Waals surface area contributed by atoms with Crippen molar-refractivity contribution in [1.29, 1.82) is 0 Å². The maximum atomic E-state index is 10.7. The summed E-state index contributed by atoms with van der Waals surface area (Å²) in [6, 6.07) is 4.89. The van der Waals surface area contributed by atoms with Gasteiger partial charge < -0.3 is 19.9 Å². The lowest BCUT2D eigenvalue weighted by Gasteiger charge is -2.14. The van der Waals surface area contributed by atoms with Crippen molar-refractivity contribution in [2.75, 3.05) is 14.2 Å². The summed E-state index contributed by atoms with van der Waals surface area (Å²) in [5.41, 5.74) is 0.861. The zero-order valence-corrected chi connectivity index (χ0v) is 10.2. The van der Waals surface area contributed by atoms with Crippen LogP contribution in [0.1, 0.15) is 12.5 Å². The van der Waals surface area contributed by atoms with Crippen LogP contribution in [0.25, 0.3) is 0 Å². The van der Waals surface area contributed by atoms with Gasteiger partial charge in [0, 0.05) is 12.1 Å². The van der Waals surface area contributed by atoms with Gasteiger partial charge in [-0.15, -0.1) is 0 Å². The molecule has 5 heteroatoms. The molecule has 0 amide bonds. The summed E-state index contributed by atoms with van der Waals surface area (Å²) < 4.78 is 10.4. The minimum atomic E-state index is -0.883. The number of rotatable bonds is 6. The van der Waals surface area contributed by atoms with Gasteiger partial charge in [-0.3, -0.25) is 4.79 Å². The van der Waals surface area contributed by atoms with Gasteiger partial charge in [-0.1, -0.05) is 12.1 Å². The van der Waals surface area contributed by atoms with Crippen molar-refractivity contribution in [3.05, 3.63) is 23.8 Å². The molecule has 1 rings (SSSR count). The van der Waals surface area contributed by atoms with Crippen molar-refractivity contribution < 1.29 is 19.4 Å². The fourth-order valence-electron chi connectivity index (χ4n) is 1.44. The maximum Gasteiger partial charge on any atom is 0.320 e. The summed E-state index contributed by atoms with van der Waals surface area (Å²) in [5.74, 6) is 0.377. The van der Waals surface area contributed by atoms with Gasteiger partial charge in [0.1, 0.15) is 6.04 Å². The van der Waals surface area contributed by atoms with Gasteiger partial charge in [0.2, 0.25) is 0 Å². The summed E-state index contributed by atoms with van der Waals surface area (Å²) in [6.07, 6.45) is 0. The third-order valence-electron chi connectivity index (χ3n) is 2.45. The first-order valence-electron chi connectivity index (χ1n) is 5.26. The van der Waals surface area contributed by atoms with Gasteiger partial charge in [-0.2, -0.15) is 0 Å². The second-order valence-electron chi connectivity index (χ2n) is 3.59. The van der Waals surface area contributed by atoms with Gasteiger partial charge in [0.05, 0.1) is 14.2 Å². The zero-order valence-electron chi connectivity index (χ0n) is 10.2. The molecule has 0 saturated heterocycles. The fraction of sp³-hybridized carbons (Fsp3) is 0.417. The highest BCUT2D eigenvalue weighted by Gasteiger charge is 2.13. The normalized spacial score (nSPS) is 11.9. The third kappa shape index (κ3) is 3.35. The second-order valence-corrected chi connectivity index (χ2v) is 3.59. The molecule has 0 aliphatic carbocycles. The lowest BCUT2D eigenvalue weighted by Crippen LogP contribution is -2.33. The van der Waals surface area contributed by atoms with E-state index in [9.17, 15) is 4.79 Å². The molecule has 17 heavy (non-hydrogen) atoms. The summed E-state index contributed by atoms with van der Waals surface area (Å²) in [7, 11) is 3.12. The summed E-state index contributed by atoms with van der Waals surface area (Å²) in [6.45, 7) is 2.00. The van der Waals surface area contributed by atoms with Gasteiger partial charge in [0.25, 0.3) is 0 Å². The number of ether oxygens (including phenoxy) is 2. The first-order chi connectivity index (χ1) is 8.10. The van der Waals surface area contributed by atoms with Gasteiger partial charge >= 0.3 is 5.97 Å². The van der Waals surface area contributed by atoms with Crippen molar-refractivity contribution in [3.8, 4) is 11.5 Å². The Hall–Kier alpha value is -1.75. The minimum absolute atomic E-state index is 0.411. The third-order valence-corrected chi connectivity index (χ3v) is 2.45. The fourth-order valence-corrected chi connectivity index (χ4v) is 1.44. The average molecular weight is 239 g/mol. The minimum Gasteiger partial charge on any atom is -0.493 e. The summed E-state index contributed by atoms with van der Waals surface area (Å²) >= 11 is 0. The number of carboxylic acid groups (broad SMARTS) is 1. The Morgan fingerprint density at radius 2 is 2.12 bits per heavy atom. The first kappa shape index (κ1) is 13.3. The molecular formula is C12H17NO4. The molecule has 0 heterocycles. The van der Waals surface area contributed by atoms with E-state index in [2.05, 4.69) is 5.32 Å². The zero-order chi connectivity index (χ0) is 12.8. The Kier molecular flexibility index (Phi) is 4.78. The lowest BCUT2D eigenvalue weighted by atomic mass is 10.1. The number of aliphatic carboxylic acids is 1. The van der Waals surface area contributed by atoms with Crippen molar-refractivity contribution in [2.24, 2.45) is 0 Å². The highest BCUT2D eigenvalue weighted by molar-refractivity contribution is 5.72. The Bertz CT molecular complexity index is 392. The molecule has 0 aromatic heterocycles. The average Bonchev–Trinajstić information content (AvgIpc) is 2.34. The highest BCUT2D eigenvalue weighted by atomic mass is 16.5. The summed E-state index contributed by atoms with van der Waals surface area (Å²) in [5, 5.41) is 11.7. The molecule has 0 spiro atoms.